The smallest absolute Gasteiger partial charge is 0.225 e. The SMILES string of the molecule is CCS(=O)(=O)N1CCC(C(=O)N2CCC(c3c[nH]c4ccccc34)CC2)CC1. The fourth-order valence-corrected chi connectivity index (χ4v) is 5.80. The first-order valence-corrected chi connectivity index (χ1v) is 11.9. The van der Waals surface area contributed by atoms with Crippen LogP contribution in [0, 0.1) is 5.92 Å². The highest BCUT2D eigenvalue weighted by atomic mass is 32.2. The lowest BCUT2D eigenvalue weighted by molar-refractivity contribution is -0.137. The lowest BCUT2D eigenvalue weighted by Crippen LogP contribution is -2.46. The Bertz CT molecular complexity index is 937. The van der Waals surface area contributed by atoms with Gasteiger partial charge >= 0.3 is 0 Å². The molecule has 7 heteroatoms. The second-order valence-corrected chi connectivity index (χ2v) is 10.2. The van der Waals surface area contributed by atoms with Crippen LogP contribution in [0.15, 0.2) is 30.5 Å². The molecule has 1 aromatic heterocycles. The summed E-state index contributed by atoms with van der Waals surface area (Å²) in [6, 6.07) is 8.38. The van der Waals surface area contributed by atoms with Gasteiger partial charge in [-0.3, -0.25) is 4.79 Å². The van der Waals surface area contributed by atoms with Gasteiger partial charge in [0.25, 0.3) is 0 Å². The third-order valence-electron chi connectivity index (χ3n) is 6.43. The van der Waals surface area contributed by atoms with Gasteiger partial charge < -0.3 is 9.88 Å². The van der Waals surface area contributed by atoms with Crippen molar-refractivity contribution in [2.24, 2.45) is 5.92 Å². The Morgan fingerprint density at radius 3 is 2.43 bits per heavy atom. The third-order valence-corrected chi connectivity index (χ3v) is 8.31. The number of amides is 1. The van der Waals surface area contributed by atoms with E-state index in [-0.39, 0.29) is 17.6 Å². The van der Waals surface area contributed by atoms with Gasteiger partial charge in [0.15, 0.2) is 0 Å². The summed E-state index contributed by atoms with van der Waals surface area (Å²) in [5, 5.41) is 1.29. The number of H-pyrrole nitrogens is 1. The highest BCUT2D eigenvalue weighted by molar-refractivity contribution is 7.89. The van der Waals surface area contributed by atoms with Gasteiger partial charge in [-0.1, -0.05) is 18.2 Å². The normalized spacial score (nSPS) is 20.7. The minimum Gasteiger partial charge on any atom is -0.361 e. The number of para-hydroxylation sites is 1. The quantitative estimate of drug-likeness (QED) is 0.853. The monoisotopic (exact) mass is 403 g/mol. The molecule has 1 N–H and O–H groups in total. The van der Waals surface area contributed by atoms with Crippen molar-refractivity contribution in [1.29, 1.82) is 0 Å². The van der Waals surface area contributed by atoms with Gasteiger partial charge in [0.2, 0.25) is 15.9 Å². The van der Waals surface area contributed by atoms with E-state index in [4.69, 9.17) is 0 Å². The van der Waals surface area contributed by atoms with Crippen LogP contribution in [-0.4, -0.2) is 60.4 Å². The lowest BCUT2D eigenvalue weighted by atomic mass is 9.88. The molecule has 2 aromatic rings. The number of aromatic amines is 1. The van der Waals surface area contributed by atoms with E-state index in [2.05, 4.69) is 29.4 Å². The summed E-state index contributed by atoms with van der Waals surface area (Å²) in [7, 11) is -3.14. The fraction of sp³-hybridized carbons (Fsp3) is 0.571. The summed E-state index contributed by atoms with van der Waals surface area (Å²) in [5.74, 6) is 0.795. The molecule has 0 spiro atoms. The van der Waals surface area contributed by atoms with Crippen LogP contribution in [0.3, 0.4) is 0 Å². The molecule has 0 aliphatic carbocycles. The number of fused-ring (bicyclic) bond motifs is 1. The number of nitrogens with one attached hydrogen (secondary N) is 1. The average molecular weight is 404 g/mol. The minimum atomic E-state index is -3.14. The van der Waals surface area contributed by atoms with Crippen LogP contribution in [0.5, 0.6) is 0 Å². The number of piperidine rings is 2. The highest BCUT2D eigenvalue weighted by Gasteiger charge is 2.34. The molecule has 2 aliphatic heterocycles. The van der Waals surface area contributed by atoms with Crippen LogP contribution in [0.2, 0.25) is 0 Å². The molecule has 0 radical (unpaired) electrons. The van der Waals surface area contributed by atoms with Crippen molar-refractivity contribution >= 4 is 26.8 Å². The largest absolute Gasteiger partial charge is 0.361 e. The topological polar surface area (TPSA) is 73.5 Å². The van der Waals surface area contributed by atoms with Crippen LogP contribution >= 0.6 is 0 Å². The van der Waals surface area contributed by atoms with Crippen LogP contribution in [0.25, 0.3) is 10.9 Å². The number of benzene rings is 1. The van der Waals surface area contributed by atoms with E-state index in [1.807, 2.05) is 11.0 Å². The second kappa shape index (κ2) is 7.87. The molecule has 1 aromatic carbocycles. The van der Waals surface area contributed by atoms with Crippen LogP contribution in [0.1, 0.15) is 44.1 Å². The number of carbonyl (C=O) groups is 1. The zero-order chi connectivity index (χ0) is 19.7. The van der Waals surface area contributed by atoms with E-state index < -0.39 is 10.0 Å². The minimum absolute atomic E-state index is 0.0343. The van der Waals surface area contributed by atoms with Crippen molar-refractivity contribution in [3.8, 4) is 0 Å². The van der Waals surface area contributed by atoms with Gasteiger partial charge in [-0.25, -0.2) is 12.7 Å². The number of hydrogen-bond donors (Lipinski definition) is 1. The van der Waals surface area contributed by atoms with E-state index in [9.17, 15) is 13.2 Å². The maximum Gasteiger partial charge on any atom is 0.225 e. The molecule has 2 aliphatic rings. The summed E-state index contributed by atoms with van der Waals surface area (Å²) in [4.78, 5) is 18.3. The maximum absolute atomic E-state index is 12.9. The van der Waals surface area contributed by atoms with Crippen LogP contribution in [-0.2, 0) is 14.8 Å². The molecule has 1 amide bonds. The summed E-state index contributed by atoms with van der Waals surface area (Å²) in [6.07, 6.45) is 5.37. The zero-order valence-corrected chi connectivity index (χ0v) is 17.2. The Balaban J connectivity index is 1.33. The third kappa shape index (κ3) is 3.70. The number of nitrogens with zero attached hydrogens (tertiary/aromatic N) is 2. The van der Waals surface area contributed by atoms with Gasteiger partial charge in [-0.2, -0.15) is 0 Å². The van der Waals surface area contributed by atoms with E-state index >= 15 is 0 Å². The van der Waals surface area contributed by atoms with Crippen molar-refractivity contribution in [3.63, 3.8) is 0 Å². The van der Waals surface area contributed by atoms with E-state index in [0.29, 0.717) is 31.8 Å². The molecular formula is C21H29N3O3S. The summed E-state index contributed by atoms with van der Waals surface area (Å²) < 4.78 is 25.5. The predicted octanol–water partition coefficient (Wildman–Crippen LogP) is 2.94. The molecule has 2 saturated heterocycles. The molecule has 2 fully saturated rings. The number of sulfonamides is 1. The second-order valence-electron chi connectivity index (χ2n) is 7.96. The van der Waals surface area contributed by atoms with Crippen LogP contribution in [0.4, 0.5) is 0 Å². The van der Waals surface area contributed by atoms with Gasteiger partial charge in [0, 0.05) is 49.2 Å². The number of aromatic nitrogens is 1. The first-order chi connectivity index (χ1) is 13.5. The van der Waals surface area contributed by atoms with Gasteiger partial charge in [-0.15, -0.1) is 0 Å². The summed E-state index contributed by atoms with van der Waals surface area (Å²) in [5.41, 5.74) is 2.53. The number of likely N-dealkylation sites (tertiary alicyclic amines) is 1. The lowest BCUT2D eigenvalue weighted by Gasteiger charge is -2.37. The molecule has 28 heavy (non-hydrogen) atoms. The molecule has 0 atom stereocenters. The summed E-state index contributed by atoms with van der Waals surface area (Å²) >= 11 is 0. The molecule has 152 valence electrons. The molecular weight excluding hydrogens is 374 g/mol. The van der Waals surface area contributed by atoms with Crippen molar-refractivity contribution in [3.05, 3.63) is 36.0 Å². The number of carbonyl (C=O) groups excluding carboxylic acids is 1. The standard InChI is InChI=1S/C21H29N3O3S/c1-2-28(26,27)24-13-9-17(10-14-24)21(25)23-11-7-16(8-12-23)19-15-22-20-6-4-3-5-18(19)20/h3-6,15-17,22H,2,7-14H2,1H3. The Hall–Kier alpha value is -1.86. The van der Waals surface area contributed by atoms with Crippen molar-refractivity contribution < 1.29 is 13.2 Å². The Morgan fingerprint density at radius 2 is 1.75 bits per heavy atom. The number of rotatable bonds is 4. The van der Waals surface area contributed by atoms with Gasteiger partial charge in [-0.05, 0) is 50.2 Å². The maximum atomic E-state index is 12.9. The Morgan fingerprint density at radius 1 is 1.07 bits per heavy atom. The molecule has 4 rings (SSSR count). The predicted molar refractivity (Wildman–Crippen MR) is 111 cm³/mol. The van der Waals surface area contributed by atoms with E-state index in [0.717, 1.165) is 25.9 Å². The first-order valence-electron chi connectivity index (χ1n) is 10.3. The van der Waals surface area contributed by atoms with E-state index in [1.54, 1.807) is 11.2 Å². The highest BCUT2D eigenvalue weighted by Crippen LogP contribution is 2.34. The van der Waals surface area contributed by atoms with Crippen LogP contribution < -0.4 is 0 Å². The summed E-state index contributed by atoms with van der Waals surface area (Å²) in [6.45, 7) is 4.19. The molecule has 0 unspecified atom stereocenters. The van der Waals surface area contributed by atoms with Crippen molar-refractivity contribution in [2.75, 3.05) is 31.9 Å². The molecule has 0 saturated carbocycles. The molecule has 6 nitrogen and oxygen atoms in total. The zero-order valence-electron chi connectivity index (χ0n) is 16.4. The molecule has 0 bridgehead atoms. The van der Waals surface area contributed by atoms with Gasteiger partial charge in [0.1, 0.15) is 0 Å². The fourth-order valence-electron chi connectivity index (χ4n) is 4.66. The Labute approximate surface area is 166 Å². The van der Waals surface area contributed by atoms with Crippen molar-refractivity contribution in [2.45, 2.75) is 38.5 Å². The van der Waals surface area contributed by atoms with E-state index in [1.165, 1.54) is 16.5 Å². The Kier molecular flexibility index (Phi) is 5.47. The van der Waals surface area contributed by atoms with Gasteiger partial charge in [0.05, 0.1) is 5.75 Å². The van der Waals surface area contributed by atoms with Crippen molar-refractivity contribution in [1.82, 2.24) is 14.2 Å². The first kappa shape index (κ1) is 19.5. The average Bonchev–Trinajstić information content (AvgIpc) is 3.17. The molecule has 3 heterocycles. The number of hydrogen-bond acceptors (Lipinski definition) is 3.